The van der Waals surface area contributed by atoms with E-state index in [0.717, 1.165) is 31.7 Å². The second-order valence-corrected chi connectivity index (χ2v) is 6.21. The number of nitrogens with zero attached hydrogens (tertiary/aromatic N) is 2. The fourth-order valence-corrected chi connectivity index (χ4v) is 3.46. The zero-order valence-electron chi connectivity index (χ0n) is 15.6. The molecule has 0 aliphatic carbocycles. The molecule has 0 unspecified atom stereocenters. The molecule has 136 valence electrons. The van der Waals surface area contributed by atoms with Gasteiger partial charge in [0.15, 0.2) is 0 Å². The Bertz CT molecular complexity index is 502. The molecule has 0 heterocycles. The molecule has 0 N–H and O–H groups in total. The van der Waals surface area contributed by atoms with Gasteiger partial charge in [0.2, 0.25) is 0 Å². The lowest BCUT2D eigenvalue weighted by atomic mass is 9.90. The van der Waals surface area contributed by atoms with Gasteiger partial charge >= 0.3 is 5.97 Å². The van der Waals surface area contributed by atoms with Crippen molar-refractivity contribution in [1.82, 2.24) is 9.80 Å². The molecule has 0 radical (unpaired) electrons. The maximum Gasteiger partial charge on any atom is 0.311 e. The minimum Gasteiger partial charge on any atom is -0.469 e. The Morgan fingerprint density at radius 2 is 1.67 bits per heavy atom. The zero-order valence-corrected chi connectivity index (χ0v) is 16.3. The molecule has 1 aromatic rings. The Hall–Kier alpha value is -1.10. The number of hydrogen-bond acceptors (Lipinski definition) is 4. The van der Waals surface area contributed by atoms with Gasteiger partial charge in [0.1, 0.15) is 0 Å². The Morgan fingerprint density at radius 3 is 2.12 bits per heavy atom. The van der Waals surface area contributed by atoms with E-state index in [0.29, 0.717) is 11.6 Å². The molecule has 1 aromatic carbocycles. The van der Waals surface area contributed by atoms with E-state index in [-0.39, 0.29) is 17.9 Å². The first-order chi connectivity index (χ1) is 11.5. The highest BCUT2D eigenvalue weighted by Gasteiger charge is 2.35. The van der Waals surface area contributed by atoms with E-state index < -0.39 is 0 Å². The maximum absolute atomic E-state index is 12.6. The third-order valence-corrected chi connectivity index (χ3v) is 5.01. The van der Waals surface area contributed by atoms with Crippen molar-refractivity contribution in [2.75, 3.05) is 39.8 Å². The van der Waals surface area contributed by atoms with Gasteiger partial charge in [-0.15, -0.1) is 0 Å². The standard InChI is InChI=1S/C19H31ClN2O2/c1-6-21(7-2)14-16(19(23)24-5)18(22(8-3)9-4)15-12-10-11-13-17(15)20/h10-13,16,18H,6-9,14H2,1-5H3/t16-,18+/m0/s1. The monoisotopic (exact) mass is 354 g/mol. The molecule has 0 saturated carbocycles. The van der Waals surface area contributed by atoms with Gasteiger partial charge in [0.25, 0.3) is 0 Å². The summed E-state index contributed by atoms with van der Waals surface area (Å²) in [5.74, 6) is -0.464. The number of ether oxygens (including phenoxy) is 1. The molecule has 0 saturated heterocycles. The van der Waals surface area contributed by atoms with Crippen molar-refractivity contribution in [3.05, 3.63) is 34.9 Å². The minimum atomic E-state index is -0.283. The van der Waals surface area contributed by atoms with Crippen LogP contribution in [0.15, 0.2) is 24.3 Å². The molecule has 0 aliphatic heterocycles. The molecule has 0 fully saturated rings. The van der Waals surface area contributed by atoms with Crippen molar-refractivity contribution in [1.29, 1.82) is 0 Å². The molecule has 4 nitrogen and oxygen atoms in total. The van der Waals surface area contributed by atoms with E-state index in [1.54, 1.807) is 0 Å². The number of methoxy groups -OCH3 is 1. The van der Waals surface area contributed by atoms with Crippen LogP contribution in [0, 0.1) is 5.92 Å². The number of esters is 1. The summed E-state index contributed by atoms with van der Waals surface area (Å²) in [6.07, 6.45) is 0. The average molecular weight is 355 g/mol. The van der Waals surface area contributed by atoms with E-state index >= 15 is 0 Å². The number of carbonyl (C=O) groups excluding carboxylic acids is 1. The van der Waals surface area contributed by atoms with Crippen LogP contribution < -0.4 is 0 Å². The van der Waals surface area contributed by atoms with Crippen LogP contribution in [0.3, 0.4) is 0 Å². The predicted octanol–water partition coefficient (Wildman–Crippen LogP) is 3.85. The summed E-state index contributed by atoms with van der Waals surface area (Å²) in [7, 11) is 1.46. The first-order valence-electron chi connectivity index (χ1n) is 8.82. The lowest BCUT2D eigenvalue weighted by Gasteiger charge is -2.37. The molecular formula is C19H31ClN2O2. The third-order valence-electron chi connectivity index (χ3n) is 4.66. The van der Waals surface area contributed by atoms with Crippen molar-refractivity contribution >= 4 is 17.6 Å². The highest BCUT2D eigenvalue weighted by atomic mass is 35.5. The number of benzene rings is 1. The molecule has 1 rings (SSSR count). The Balaban J connectivity index is 3.34. The van der Waals surface area contributed by atoms with Crippen molar-refractivity contribution in [2.24, 2.45) is 5.92 Å². The molecule has 0 amide bonds. The maximum atomic E-state index is 12.6. The summed E-state index contributed by atoms with van der Waals surface area (Å²) >= 11 is 6.48. The normalized spacial score (nSPS) is 14.0. The smallest absolute Gasteiger partial charge is 0.311 e. The topological polar surface area (TPSA) is 32.8 Å². The lowest BCUT2D eigenvalue weighted by Crippen LogP contribution is -2.43. The Morgan fingerprint density at radius 1 is 1.08 bits per heavy atom. The van der Waals surface area contributed by atoms with E-state index in [4.69, 9.17) is 16.3 Å². The van der Waals surface area contributed by atoms with Gasteiger partial charge in [-0.1, -0.05) is 57.5 Å². The molecule has 0 bridgehead atoms. The Labute approximate surface area is 151 Å². The van der Waals surface area contributed by atoms with Crippen LogP contribution in [0.4, 0.5) is 0 Å². The summed E-state index contributed by atoms with van der Waals surface area (Å²) in [6, 6.07) is 7.70. The number of hydrogen-bond donors (Lipinski definition) is 0. The van der Waals surface area contributed by atoms with Crippen molar-refractivity contribution in [2.45, 2.75) is 33.7 Å². The van der Waals surface area contributed by atoms with E-state index in [9.17, 15) is 4.79 Å². The molecule has 0 spiro atoms. The molecule has 5 heteroatoms. The van der Waals surface area contributed by atoms with E-state index in [2.05, 4.69) is 37.5 Å². The minimum absolute atomic E-state index is 0.0956. The van der Waals surface area contributed by atoms with Crippen LogP contribution in [0.1, 0.15) is 39.3 Å². The highest BCUT2D eigenvalue weighted by Crippen LogP contribution is 2.34. The second-order valence-electron chi connectivity index (χ2n) is 5.80. The predicted molar refractivity (Wildman–Crippen MR) is 100 cm³/mol. The van der Waals surface area contributed by atoms with E-state index in [1.165, 1.54) is 7.11 Å². The fraction of sp³-hybridized carbons (Fsp3) is 0.632. The van der Waals surface area contributed by atoms with Crippen LogP contribution in [-0.4, -0.2) is 55.6 Å². The number of halogens is 1. The van der Waals surface area contributed by atoms with Gasteiger partial charge in [-0.05, 0) is 37.8 Å². The van der Waals surface area contributed by atoms with Gasteiger partial charge in [0.05, 0.1) is 19.1 Å². The van der Waals surface area contributed by atoms with Crippen LogP contribution in [0.5, 0.6) is 0 Å². The SMILES string of the molecule is CCN(CC)C[C@H](C(=O)OC)[C@@H](c1ccccc1Cl)N(CC)CC. The third kappa shape index (κ3) is 5.20. The van der Waals surface area contributed by atoms with Gasteiger partial charge in [-0.2, -0.15) is 0 Å². The van der Waals surface area contributed by atoms with Crippen LogP contribution in [0.25, 0.3) is 0 Å². The molecule has 2 atom stereocenters. The van der Waals surface area contributed by atoms with Crippen LogP contribution >= 0.6 is 11.6 Å². The lowest BCUT2D eigenvalue weighted by molar-refractivity contribution is -0.149. The van der Waals surface area contributed by atoms with Gasteiger partial charge < -0.3 is 9.64 Å². The summed E-state index contributed by atoms with van der Waals surface area (Å²) in [4.78, 5) is 17.2. The average Bonchev–Trinajstić information content (AvgIpc) is 2.61. The van der Waals surface area contributed by atoms with Gasteiger partial charge in [0, 0.05) is 11.6 Å². The van der Waals surface area contributed by atoms with Crippen molar-refractivity contribution in [3.63, 3.8) is 0 Å². The quantitative estimate of drug-likeness (QED) is 0.597. The van der Waals surface area contributed by atoms with Crippen molar-refractivity contribution in [3.8, 4) is 0 Å². The molecule has 24 heavy (non-hydrogen) atoms. The zero-order chi connectivity index (χ0) is 18.1. The summed E-state index contributed by atoms with van der Waals surface area (Å²) in [5.41, 5.74) is 0.991. The first kappa shape index (κ1) is 20.9. The van der Waals surface area contributed by atoms with E-state index in [1.807, 2.05) is 24.3 Å². The fourth-order valence-electron chi connectivity index (χ4n) is 3.21. The van der Waals surface area contributed by atoms with Gasteiger partial charge in [-0.3, -0.25) is 9.69 Å². The van der Waals surface area contributed by atoms with Crippen LogP contribution in [-0.2, 0) is 9.53 Å². The number of carbonyl (C=O) groups is 1. The molecular weight excluding hydrogens is 324 g/mol. The molecule has 0 aliphatic rings. The van der Waals surface area contributed by atoms with Gasteiger partial charge in [-0.25, -0.2) is 0 Å². The summed E-state index contributed by atoms with van der Waals surface area (Å²) in [5, 5.41) is 0.697. The first-order valence-corrected chi connectivity index (χ1v) is 9.20. The van der Waals surface area contributed by atoms with Crippen LogP contribution in [0.2, 0.25) is 5.02 Å². The molecule has 0 aromatic heterocycles. The largest absolute Gasteiger partial charge is 0.469 e. The Kier molecular flexibility index (Phi) is 9.34. The highest BCUT2D eigenvalue weighted by molar-refractivity contribution is 6.31. The second kappa shape index (κ2) is 10.7. The summed E-state index contributed by atoms with van der Waals surface area (Å²) in [6.45, 7) is 12.6. The summed E-state index contributed by atoms with van der Waals surface area (Å²) < 4.78 is 5.15. The number of rotatable bonds is 10. The van der Waals surface area contributed by atoms with Crippen molar-refractivity contribution < 1.29 is 9.53 Å².